The van der Waals surface area contributed by atoms with Gasteiger partial charge in [-0.15, -0.1) is 0 Å². The number of hydrogen-bond acceptors (Lipinski definition) is 6. The van der Waals surface area contributed by atoms with Crippen molar-refractivity contribution in [3.8, 4) is 22.8 Å². The number of carbonyl (C=O) groups excluding carboxylic acids is 2. The van der Waals surface area contributed by atoms with Gasteiger partial charge in [0.25, 0.3) is 5.91 Å². The summed E-state index contributed by atoms with van der Waals surface area (Å²) in [6.45, 7) is 9.77. The van der Waals surface area contributed by atoms with Crippen LogP contribution < -0.4 is 20.1 Å². The molecule has 9 heteroatoms. The van der Waals surface area contributed by atoms with Crippen molar-refractivity contribution in [3.05, 3.63) is 69.8 Å². The third-order valence-electron chi connectivity index (χ3n) is 5.78. The van der Waals surface area contributed by atoms with E-state index in [9.17, 15) is 9.59 Å². The lowest BCUT2D eigenvalue weighted by Gasteiger charge is -2.21. The molecule has 1 aromatic heterocycles. The highest BCUT2D eigenvalue weighted by Crippen LogP contribution is 2.34. The first-order valence-electron chi connectivity index (χ1n) is 12.2. The van der Waals surface area contributed by atoms with Crippen molar-refractivity contribution < 1.29 is 23.8 Å². The van der Waals surface area contributed by atoms with Crippen LogP contribution in [0.5, 0.6) is 11.6 Å². The minimum atomic E-state index is -0.544. The van der Waals surface area contributed by atoms with Crippen molar-refractivity contribution in [1.29, 1.82) is 0 Å². The number of amides is 2. The molecule has 8 nitrogen and oxygen atoms in total. The maximum atomic E-state index is 13.2. The number of aromatic nitrogens is 1. The normalized spacial score (nSPS) is 11.9. The number of pyridine rings is 1. The fraction of sp³-hybridized carbons (Fsp3) is 0.345. The molecule has 0 fully saturated rings. The summed E-state index contributed by atoms with van der Waals surface area (Å²) in [7, 11) is 3.09. The Hall–Kier alpha value is -3.59. The van der Waals surface area contributed by atoms with Crippen LogP contribution in [0.4, 0.5) is 10.5 Å². The summed E-state index contributed by atoms with van der Waals surface area (Å²) in [5.74, 6) is 0.661. The molecule has 0 aliphatic carbocycles. The fourth-order valence-corrected chi connectivity index (χ4v) is 4.34. The Morgan fingerprint density at radius 2 is 1.74 bits per heavy atom. The van der Waals surface area contributed by atoms with Gasteiger partial charge >= 0.3 is 6.09 Å². The minimum absolute atomic E-state index is 0.0729. The van der Waals surface area contributed by atoms with Gasteiger partial charge < -0.3 is 24.8 Å². The molecule has 0 bridgehead atoms. The number of hydrogen-bond donors (Lipinski definition) is 2. The van der Waals surface area contributed by atoms with Crippen LogP contribution >= 0.6 is 15.9 Å². The molecule has 0 aliphatic heterocycles. The Morgan fingerprint density at radius 3 is 2.34 bits per heavy atom. The first-order valence-corrected chi connectivity index (χ1v) is 13.0. The van der Waals surface area contributed by atoms with Crippen LogP contribution in [-0.2, 0) is 4.74 Å². The molecule has 2 amide bonds. The number of alkyl carbamates (subject to hydrolysis) is 1. The first kappa shape index (κ1) is 29.0. The highest BCUT2D eigenvalue weighted by molar-refractivity contribution is 9.10. The third-order valence-corrected chi connectivity index (χ3v) is 6.45. The molecule has 202 valence electrons. The molecule has 3 rings (SSSR count). The summed E-state index contributed by atoms with van der Waals surface area (Å²) < 4.78 is 16.9. The van der Waals surface area contributed by atoms with Crippen LogP contribution in [0.1, 0.15) is 55.2 Å². The fourth-order valence-electron chi connectivity index (χ4n) is 3.81. The van der Waals surface area contributed by atoms with E-state index in [-0.39, 0.29) is 11.8 Å². The standard InChI is InChI=1S/C29H34BrN3O5/c1-17(16-31-28(35)38-29(3,4)5)19-11-13-20(14-12-19)21-15-23(18(2)32-27(21)37-7)33-26(34)25-22(30)9-8-10-24(25)36-6/h8-15,17H,16H2,1-7H3,(H,31,35)(H,33,34). The van der Waals surface area contributed by atoms with E-state index in [1.165, 1.54) is 7.11 Å². The number of benzene rings is 2. The van der Waals surface area contributed by atoms with Gasteiger partial charge in [-0.1, -0.05) is 37.3 Å². The quantitative estimate of drug-likeness (QED) is 0.305. The number of carbonyl (C=O) groups is 2. The maximum Gasteiger partial charge on any atom is 0.407 e. The number of ether oxygens (including phenoxy) is 3. The zero-order valence-electron chi connectivity index (χ0n) is 22.8. The van der Waals surface area contributed by atoms with Gasteiger partial charge in [-0.05, 0) is 78.9 Å². The van der Waals surface area contributed by atoms with Gasteiger partial charge in [-0.25, -0.2) is 9.78 Å². The average Bonchev–Trinajstić information content (AvgIpc) is 2.87. The topological polar surface area (TPSA) is 98.8 Å². The number of methoxy groups -OCH3 is 2. The van der Waals surface area contributed by atoms with Gasteiger partial charge in [0.2, 0.25) is 5.88 Å². The number of nitrogens with one attached hydrogen (secondary N) is 2. The van der Waals surface area contributed by atoms with E-state index < -0.39 is 11.7 Å². The summed E-state index contributed by atoms with van der Waals surface area (Å²) in [6.07, 6.45) is -0.439. The van der Waals surface area contributed by atoms with Crippen molar-refractivity contribution >= 4 is 33.6 Å². The van der Waals surface area contributed by atoms with E-state index in [0.29, 0.717) is 39.6 Å². The van der Waals surface area contributed by atoms with Crippen LogP contribution in [0.15, 0.2) is 53.0 Å². The second-order valence-electron chi connectivity index (χ2n) is 9.86. The maximum absolute atomic E-state index is 13.2. The lowest BCUT2D eigenvalue weighted by molar-refractivity contribution is 0.0525. The van der Waals surface area contributed by atoms with Gasteiger partial charge in [0, 0.05) is 16.6 Å². The zero-order chi connectivity index (χ0) is 28.0. The molecular formula is C29H34BrN3O5. The summed E-state index contributed by atoms with van der Waals surface area (Å²) >= 11 is 3.44. The largest absolute Gasteiger partial charge is 0.496 e. The summed E-state index contributed by atoms with van der Waals surface area (Å²) in [6, 6.07) is 15.1. The predicted octanol–water partition coefficient (Wildman–Crippen LogP) is 6.72. The zero-order valence-corrected chi connectivity index (χ0v) is 24.4. The van der Waals surface area contributed by atoms with Crippen LogP contribution in [0.2, 0.25) is 0 Å². The van der Waals surface area contributed by atoms with Gasteiger partial charge in [0.05, 0.1) is 31.2 Å². The molecule has 1 unspecified atom stereocenters. The molecule has 0 spiro atoms. The molecule has 2 aromatic carbocycles. The highest BCUT2D eigenvalue weighted by atomic mass is 79.9. The van der Waals surface area contributed by atoms with E-state index in [4.69, 9.17) is 14.2 Å². The summed E-state index contributed by atoms with van der Waals surface area (Å²) in [4.78, 5) is 29.7. The molecule has 0 aliphatic rings. The molecule has 0 saturated heterocycles. The predicted molar refractivity (Wildman–Crippen MR) is 152 cm³/mol. The molecule has 1 heterocycles. The lowest BCUT2D eigenvalue weighted by Crippen LogP contribution is -2.34. The Labute approximate surface area is 232 Å². The van der Waals surface area contributed by atoms with Crippen molar-refractivity contribution in [2.75, 3.05) is 26.1 Å². The minimum Gasteiger partial charge on any atom is -0.496 e. The second-order valence-corrected chi connectivity index (χ2v) is 10.7. The Bertz CT molecular complexity index is 1300. The number of aryl methyl sites for hydroxylation is 1. The number of rotatable bonds is 8. The third kappa shape index (κ3) is 7.25. The number of nitrogens with zero attached hydrogens (tertiary/aromatic N) is 1. The highest BCUT2D eigenvalue weighted by Gasteiger charge is 2.20. The van der Waals surface area contributed by atoms with Crippen LogP contribution in [-0.4, -0.2) is 43.3 Å². The molecule has 0 saturated carbocycles. The van der Waals surface area contributed by atoms with Crippen molar-refractivity contribution in [1.82, 2.24) is 10.3 Å². The Balaban J connectivity index is 1.82. The van der Waals surface area contributed by atoms with E-state index in [1.807, 2.05) is 65.0 Å². The molecule has 1 atom stereocenters. The lowest BCUT2D eigenvalue weighted by atomic mass is 9.97. The average molecular weight is 585 g/mol. The second kappa shape index (κ2) is 12.3. The molecule has 3 aromatic rings. The summed E-state index contributed by atoms with van der Waals surface area (Å²) in [5, 5.41) is 5.77. The molecule has 0 radical (unpaired) electrons. The van der Waals surface area contributed by atoms with Crippen LogP contribution in [0.3, 0.4) is 0 Å². The van der Waals surface area contributed by atoms with Crippen LogP contribution in [0, 0.1) is 6.92 Å². The Kier molecular flexibility index (Phi) is 9.38. The molecular weight excluding hydrogens is 550 g/mol. The van der Waals surface area contributed by atoms with Crippen molar-refractivity contribution in [2.45, 2.75) is 46.1 Å². The number of anilines is 1. The molecule has 2 N–H and O–H groups in total. The monoisotopic (exact) mass is 583 g/mol. The summed E-state index contributed by atoms with van der Waals surface area (Å²) in [5.41, 5.74) is 3.69. The van der Waals surface area contributed by atoms with Gasteiger partial charge in [-0.2, -0.15) is 0 Å². The van der Waals surface area contributed by atoms with Gasteiger partial charge in [-0.3, -0.25) is 4.79 Å². The SMILES string of the molecule is COc1cccc(Br)c1C(=O)Nc1cc(-c2ccc(C(C)CNC(=O)OC(C)(C)C)cc2)c(OC)nc1C. The van der Waals surface area contributed by atoms with Crippen molar-refractivity contribution in [2.24, 2.45) is 0 Å². The van der Waals surface area contributed by atoms with Crippen LogP contribution in [0.25, 0.3) is 11.1 Å². The van der Waals surface area contributed by atoms with E-state index >= 15 is 0 Å². The number of halogens is 1. The van der Waals surface area contributed by atoms with E-state index in [1.54, 1.807) is 25.3 Å². The Morgan fingerprint density at radius 1 is 1.05 bits per heavy atom. The smallest absolute Gasteiger partial charge is 0.407 e. The van der Waals surface area contributed by atoms with E-state index in [0.717, 1.165) is 16.7 Å². The van der Waals surface area contributed by atoms with Gasteiger partial charge in [0.15, 0.2) is 0 Å². The first-order chi connectivity index (χ1) is 17.9. The molecule has 38 heavy (non-hydrogen) atoms. The van der Waals surface area contributed by atoms with Crippen molar-refractivity contribution in [3.63, 3.8) is 0 Å². The van der Waals surface area contributed by atoms with Gasteiger partial charge in [0.1, 0.15) is 11.4 Å². The van der Waals surface area contributed by atoms with E-state index in [2.05, 4.69) is 31.5 Å².